The van der Waals surface area contributed by atoms with Crippen LogP contribution in [0, 0.1) is 5.92 Å². The monoisotopic (exact) mass is 442 g/mol. The molecule has 0 saturated carbocycles. The highest BCUT2D eigenvalue weighted by atomic mass is 32.2. The van der Waals surface area contributed by atoms with E-state index >= 15 is 0 Å². The van der Waals surface area contributed by atoms with Gasteiger partial charge in [0.15, 0.2) is 11.5 Å². The van der Waals surface area contributed by atoms with E-state index in [0.717, 1.165) is 28.6 Å². The van der Waals surface area contributed by atoms with Crippen molar-refractivity contribution in [2.24, 2.45) is 5.92 Å². The van der Waals surface area contributed by atoms with Crippen molar-refractivity contribution >= 4 is 46.3 Å². The van der Waals surface area contributed by atoms with Crippen LogP contribution in [0.4, 0.5) is 0 Å². The van der Waals surface area contributed by atoms with Gasteiger partial charge in [-0.2, -0.15) is 0 Å². The molecule has 3 heterocycles. The highest BCUT2D eigenvalue weighted by Crippen LogP contribution is 2.37. The third-order valence-corrected chi connectivity index (χ3v) is 6.07. The molecule has 1 aromatic heterocycles. The molecule has 1 N–H and O–H groups in total. The number of aromatic nitrogens is 1. The highest BCUT2D eigenvalue weighted by molar-refractivity contribution is 8.26. The maximum atomic E-state index is 12.8. The van der Waals surface area contributed by atoms with Gasteiger partial charge in [-0.3, -0.25) is 14.7 Å². The van der Waals surface area contributed by atoms with E-state index in [1.165, 1.54) is 4.90 Å². The SMILES string of the molecule is CC(C)[C@@H](C(=O)O)N1C(=O)/C(=C\c2ccc(-c3ccc4c(c3)OCO4)nc2)SC1=S. The number of carboxylic acid groups (broad SMARTS) is 1. The first-order valence-electron chi connectivity index (χ1n) is 9.21. The molecule has 7 nitrogen and oxygen atoms in total. The van der Waals surface area contributed by atoms with Crippen LogP contribution in [-0.4, -0.2) is 44.0 Å². The summed E-state index contributed by atoms with van der Waals surface area (Å²) in [4.78, 5) is 30.5. The van der Waals surface area contributed by atoms with E-state index in [9.17, 15) is 14.7 Å². The third kappa shape index (κ3) is 3.78. The summed E-state index contributed by atoms with van der Waals surface area (Å²) in [7, 11) is 0. The largest absolute Gasteiger partial charge is 0.480 e. The molecular weight excluding hydrogens is 424 g/mol. The second-order valence-corrected chi connectivity index (χ2v) is 8.80. The molecule has 4 rings (SSSR count). The van der Waals surface area contributed by atoms with Crippen molar-refractivity contribution in [3.05, 3.63) is 47.0 Å². The Kier molecular flexibility index (Phi) is 5.48. The number of thiocarbonyl (C=S) groups is 1. The molecule has 1 fully saturated rings. The maximum absolute atomic E-state index is 12.8. The van der Waals surface area contributed by atoms with E-state index in [1.54, 1.807) is 26.1 Å². The molecule has 1 atom stereocenters. The average Bonchev–Trinajstić information content (AvgIpc) is 3.28. The van der Waals surface area contributed by atoms with E-state index in [1.807, 2.05) is 30.3 Å². The Balaban J connectivity index is 1.56. The van der Waals surface area contributed by atoms with Gasteiger partial charge in [-0.15, -0.1) is 0 Å². The van der Waals surface area contributed by atoms with Gasteiger partial charge in [0.2, 0.25) is 6.79 Å². The van der Waals surface area contributed by atoms with Gasteiger partial charge in [0.25, 0.3) is 5.91 Å². The number of amides is 1. The summed E-state index contributed by atoms with van der Waals surface area (Å²) in [5, 5.41) is 9.50. The number of benzene rings is 1. The summed E-state index contributed by atoms with van der Waals surface area (Å²) in [5.41, 5.74) is 2.36. The summed E-state index contributed by atoms with van der Waals surface area (Å²) < 4.78 is 11.0. The molecule has 30 heavy (non-hydrogen) atoms. The Morgan fingerprint density at radius 1 is 1.27 bits per heavy atom. The average molecular weight is 443 g/mol. The molecule has 1 amide bonds. The number of thioether (sulfide) groups is 1. The lowest BCUT2D eigenvalue weighted by Crippen LogP contribution is -2.47. The first-order chi connectivity index (χ1) is 14.3. The number of carboxylic acids is 1. The Morgan fingerprint density at radius 3 is 2.70 bits per heavy atom. The van der Waals surface area contributed by atoms with Gasteiger partial charge in [0.1, 0.15) is 10.4 Å². The first kappa shape index (κ1) is 20.4. The van der Waals surface area contributed by atoms with E-state index in [2.05, 4.69) is 4.98 Å². The lowest BCUT2D eigenvalue weighted by Gasteiger charge is -2.26. The van der Waals surface area contributed by atoms with Crippen LogP contribution in [0.2, 0.25) is 0 Å². The lowest BCUT2D eigenvalue weighted by molar-refractivity contribution is -0.146. The number of rotatable bonds is 5. The van der Waals surface area contributed by atoms with Crippen molar-refractivity contribution in [1.29, 1.82) is 0 Å². The lowest BCUT2D eigenvalue weighted by atomic mass is 10.0. The minimum atomic E-state index is -1.07. The van der Waals surface area contributed by atoms with Crippen LogP contribution in [0.3, 0.4) is 0 Å². The molecule has 2 aromatic rings. The van der Waals surface area contributed by atoms with E-state index in [4.69, 9.17) is 21.7 Å². The number of fused-ring (bicyclic) bond motifs is 1. The number of hydrogen-bond donors (Lipinski definition) is 1. The fourth-order valence-electron chi connectivity index (χ4n) is 3.28. The maximum Gasteiger partial charge on any atom is 0.327 e. The van der Waals surface area contributed by atoms with Crippen LogP contribution >= 0.6 is 24.0 Å². The van der Waals surface area contributed by atoms with Crippen LogP contribution < -0.4 is 9.47 Å². The van der Waals surface area contributed by atoms with Gasteiger partial charge in [0, 0.05) is 11.8 Å². The number of nitrogens with zero attached hydrogens (tertiary/aromatic N) is 2. The van der Waals surface area contributed by atoms with E-state index < -0.39 is 17.9 Å². The van der Waals surface area contributed by atoms with Crippen molar-refractivity contribution in [2.75, 3.05) is 6.79 Å². The van der Waals surface area contributed by atoms with Crippen molar-refractivity contribution in [2.45, 2.75) is 19.9 Å². The second-order valence-electron chi connectivity index (χ2n) is 7.12. The molecular formula is C21H18N2O5S2. The molecule has 2 aliphatic rings. The molecule has 0 spiro atoms. The van der Waals surface area contributed by atoms with Gasteiger partial charge >= 0.3 is 5.97 Å². The van der Waals surface area contributed by atoms with Crippen LogP contribution in [0.5, 0.6) is 11.5 Å². The normalized spacial score (nSPS) is 17.8. The van der Waals surface area contributed by atoms with Gasteiger partial charge in [0.05, 0.1) is 10.6 Å². The first-order valence-corrected chi connectivity index (χ1v) is 10.4. The fraction of sp³-hybridized carbons (Fsp3) is 0.238. The predicted octanol–water partition coefficient (Wildman–Crippen LogP) is 3.79. The zero-order chi connectivity index (χ0) is 21.4. The van der Waals surface area contributed by atoms with Crippen molar-refractivity contribution in [3.8, 4) is 22.8 Å². The topological polar surface area (TPSA) is 89.0 Å². The van der Waals surface area contributed by atoms with Gasteiger partial charge in [-0.25, -0.2) is 4.79 Å². The van der Waals surface area contributed by atoms with Crippen LogP contribution in [-0.2, 0) is 9.59 Å². The minimum Gasteiger partial charge on any atom is -0.480 e. The van der Waals surface area contributed by atoms with Gasteiger partial charge in [-0.1, -0.05) is 43.9 Å². The Morgan fingerprint density at radius 2 is 2.03 bits per heavy atom. The Labute approximate surface area is 182 Å². The van der Waals surface area contributed by atoms with Crippen LogP contribution in [0.25, 0.3) is 17.3 Å². The molecule has 9 heteroatoms. The number of carbonyl (C=O) groups excluding carboxylic acids is 1. The zero-order valence-corrected chi connectivity index (χ0v) is 17.8. The van der Waals surface area contributed by atoms with Gasteiger partial charge in [-0.05, 0) is 41.8 Å². The number of aliphatic carboxylic acids is 1. The minimum absolute atomic E-state index is 0.211. The Bertz CT molecular complexity index is 1070. The molecule has 154 valence electrons. The van der Waals surface area contributed by atoms with Crippen molar-refractivity contribution in [3.63, 3.8) is 0 Å². The molecule has 1 aromatic carbocycles. The molecule has 1 saturated heterocycles. The third-order valence-electron chi connectivity index (χ3n) is 4.74. The Hall–Kier alpha value is -2.91. The van der Waals surface area contributed by atoms with Crippen molar-refractivity contribution < 1.29 is 24.2 Å². The smallest absolute Gasteiger partial charge is 0.327 e. The molecule has 0 bridgehead atoms. The second kappa shape index (κ2) is 8.08. The standard InChI is InChI=1S/C21H18N2O5S2/c1-11(2)18(20(25)26)23-19(24)17(30-21(23)29)7-12-3-5-14(22-9-12)13-4-6-15-16(8-13)28-10-27-15/h3-9,11,18H,10H2,1-2H3,(H,25,26)/b17-7+/t18-/m0/s1. The zero-order valence-electron chi connectivity index (χ0n) is 16.2. The quantitative estimate of drug-likeness (QED) is 0.553. The summed E-state index contributed by atoms with van der Waals surface area (Å²) in [5.74, 6) is -0.353. The molecule has 0 radical (unpaired) electrons. The van der Waals surface area contributed by atoms with Gasteiger partial charge < -0.3 is 14.6 Å². The summed E-state index contributed by atoms with van der Waals surface area (Å²) in [6.07, 6.45) is 3.33. The predicted molar refractivity (Wildman–Crippen MR) is 117 cm³/mol. The summed E-state index contributed by atoms with van der Waals surface area (Å²) in [6.45, 7) is 3.71. The summed E-state index contributed by atoms with van der Waals surface area (Å²) in [6, 6.07) is 8.31. The molecule has 0 unspecified atom stereocenters. The number of hydrogen-bond acceptors (Lipinski definition) is 7. The van der Waals surface area contributed by atoms with Crippen LogP contribution in [0.15, 0.2) is 41.4 Å². The number of pyridine rings is 1. The van der Waals surface area contributed by atoms with Crippen LogP contribution in [0.1, 0.15) is 19.4 Å². The molecule has 2 aliphatic heterocycles. The fourth-order valence-corrected chi connectivity index (χ4v) is 4.61. The highest BCUT2D eigenvalue weighted by Gasteiger charge is 2.41. The number of ether oxygens (including phenoxy) is 2. The van der Waals surface area contributed by atoms with Crippen molar-refractivity contribution in [1.82, 2.24) is 9.88 Å². The molecule has 0 aliphatic carbocycles. The van der Waals surface area contributed by atoms with E-state index in [0.29, 0.717) is 16.4 Å². The summed E-state index contributed by atoms with van der Waals surface area (Å²) >= 11 is 6.38. The number of carbonyl (C=O) groups is 2. The van der Waals surface area contributed by atoms with E-state index in [-0.39, 0.29) is 17.0 Å².